The molecule has 0 unspecified atom stereocenters. The van der Waals surface area contributed by atoms with E-state index >= 15 is 0 Å². The summed E-state index contributed by atoms with van der Waals surface area (Å²) in [4.78, 5) is 0.418. The van der Waals surface area contributed by atoms with Crippen molar-refractivity contribution in [1.82, 2.24) is 0 Å². The van der Waals surface area contributed by atoms with Crippen LogP contribution in [0.25, 0.3) is 0 Å². The third-order valence-corrected chi connectivity index (χ3v) is 4.00. The molecular weight excluding hydrogens is 210 g/mol. The molecule has 3 nitrogen and oxygen atoms in total. The summed E-state index contributed by atoms with van der Waals surface area (Å²) in [5.74, 6) is 0. The van der Waals surface area contributed by atoms with Gasteiger partial charge in [-0.25, -0.2) is 8.42 Å². The number of sulfone groups is 1. The Morgan fingerprint density at radius 2 is 1.93 bits per heavy atom. The average Bonchev–Trinajstić information content (AvgIpc) is 2.82. The van der Waals surface area contributed by atoms with Crippen molar-refractivity contribution in [3.8, 4) is 0 Å². The van der Waals surface area contributed by atoms with E-state index in [4.69, 9.17) is 5.73 Å². The third kappa shape index (κ3) is 2.38. The van der Waals surface area contributed by atoms with Crippen LogP contribution in [0.3, 0.4) is 0 Å². The van der Waals surface area contributed by atoms with Crippen LogP contribution in [-0.2, 0) is 16.3 Å². The molecule has 0 bridgehead atoms. The Morgan fingerprint density at radius 3 is 2.47 bits per heavy atom. The van der Waals surface area contributed by atoms with E-state index in [0.717, 1.165) is 18.4 Å². The smallest absolute Gasteiger partial charge is 0.175 e. The van der Waals surface area contributed by atoms with Crippen molar-refractivity contribution in [1.29, 1.82) is 0 Å². The molecule has 0 spiro atoms. The van der Waals surface area contributed by atoms with Gasteiger partial charge in [-0.15, -0.1) is 0 Å². The van der Waals surface area contributed by atoms with E-state index in [1.54, 1.807) is 12.1 Å². The zero-order chi connectivity index (χ0) is 11.1. The first-order chi connectivity index (χ1) is 6.91. The normalized spacial score (nSPS) is 18.8. The Bertz CT molecular complexity index is 475. The monoisotopic (exact) mass is 225 g/mol. The van der Waals surface area contributed by atoms with E-state index in [1.165, 1.54) is 6.26 Å². The highest BCUT2D eigenvalue weighted by atomic mass is 32.2. The average molecular weight is 225 g/mol. The molecule has 2 N–H and O–H groups in total. The van der Waals surface area contributed by atoms with Crippen molar-refractivity contribution in [2.24, 2.45) is 5.73 Å². The van der Waals surface area contributed by atoms with Crippen molar-refractivity contribution < 1.29 is 8.42 Å². The maximum Gasteiger partial charge on any atom is 0.175 e. The topological polar surface area (TPSA) is 60.2 Å². The summed E-state index contributed by atoms with van der Waals surface area (Å²) in [6.45, 7) is 0. The van der Waals surface area contributed by atoms with Gasteiger partial charge in [-0.2, -0.15) is 0 Å². The van der Waals surface area contributed by atoms with Crippen molar-refractivity contribution >= 4 is 9.84 Å². The number of rotatable bonds is 3. The van der Waals surface area contributed by atoms with Crippen LogP contribution in [0.1, 0.15) is 18.4 Å². The summed E-state index contributed by atoms with van der Waals surface area (Å²) in [6.07, 6.45) is 3.88. The molecule has 82 valence electrons. The van der Waals surface area contributed by atoms with Crippen LogP contribution < -0.4 is 5.73 Å². The van der Waals surface area contributed by atoms with E-state index in [-0.39, 0.29) is 5.54 Å². The molecule has 1 aromatic rings. The minimum Gasteiger partial charge on any atom is -0.325 e. The SMILES string of the molecule is CS(=O)(=O)c1ccccc1CC1(N)CC1. The van der Waals surface area contributed by atoms with Gasteiger partial charge in [0.25, 0.3) is 0 Å². The van der Waals surface area contributed by atoms with Gasteiger partial charge in [-0.1, -0.05) is 18.2 Å². The molecule has 2 rings (SSSR count). The summed E-state index contributed by atoms with van der Waals surface area (Å²) in [7, 11) is -3.13. The van der Waals surface area contributed by atoms with E-state index in [2.05, 4.69) is 0 Å². The highest BCUT2D eigenvalue weighted by Crippen LogP contribution is 2.36. The predicted molar refractivity (Wildman–Crippen MR) is 59.4 cm³/mol. The lowest BCUT2D eigenvalue weighted by Crippen LogP contribution is -2.25. The van der Waals surface area contributed by atoms with Gasteiger partial charge in [0, 0.05) is 11.8 Å². The summed E-state index contributed by atoms with van der Waals surface area (Å²) < 4.78 is 23.0. The number of benzene rings is 1. The van der Waals surface area contributed by atoms with Crippen LogP contribution in [-0.4, -0.2) is 20.2 Å². The second-order valence-electron chi connectivity index (χ2n) is 4.42. The minimum absolute atomic E-state index is 0.152. The lowest BCUT2D eigenvalue weighted by molar-refractivity contribution is 0.598. The fourth-order valence-corrected chi connectivity index (χ4v) is 2.67. The van der Waals surface area contributed by atoms with Crippen LogP contribution in [0.5, 0.6) is 0 Å². The Kier molecular flexibility index (Phi) is 2.35. The van der Waals surface area contributed by atoms with E-state index in [1.807, 2.05) is 12.1 Å². The second-order valence-corrected chi connectivity index (χ2v) is 6.40. The van der Waals surface area contributed by atoms with Gasteiger partial charge in [-0.05, 0) is 30.9 Å². The Balaban J connectivity index is 2.38. The predicted octanol–water partition coefficient (Wildman–Crippen LogP) is 1.12. The lowest BCUT2D eigenvalue weighted by Gasteiger charge is -2.11. The first kappa shape index (κ1) is 10.6. The molecule has 0 aliphatic heterocycles. The Hall–Kier alpha value is -0.870. The first-order valence-electron chi connectivity index (χ1n) is 4.98. The molecule has 1 fully saturated rings. The number of nitrogens with two attached hydrogens (primary N) is 1. The fourth-order valence-electron chi connectivity index (χ4n) is 1.73. The molecule has 0 heterocycles. The zero-order valence-corrected chi connectivity index (χ0v) is 9.55. The summed E-state index contributed by atoms with van der Waals surface area (Å²) in [5.41, 5.74) is 6.69. The van der Waals surface area contributed by atoms with E-state index < -0.39 is 9.84 Å². The molecule has 0 amide bonds. The molecule has 0 saturated heterocycles. The van der Waals surface area contributed by atoms with Gasteiger partial charge in [-0.3, -0.25) is 0 Å². The van der Waals surface area contributed by atoms with Gasteiger partial charge in [0.05, 0.1) is 4.90 Å². The zero-order valence-electron chi connectivity index (χ0n) is 8.73. The summed E-state index contributed by atoms with van der Waals surface area (Å²) in [6, 6.07) is 7.10. The van der Waals surface area contributed by atoms with Gasteiger partial charge in [0.15, 0.2) is 9.84 Å². The van der Waals surface area contributed by atoms with Crippen LogP contribution in [0.2, 0.25) is 0 Å². The molecule has 1 saturated carbocycles. The maximum absolute atomic E-state index is 11.5. The fraction of sp³-hybridized carbons (Fsp3) is 0.455. The molecular formula is C11H15NO2S. The van der Waals surface area contributed by atoms with Crippen molar-refractivity contribution in [2.75, 3.05) is 6.26 Å². The van der Waals surface area contributed by atoms with Crippen molar-refractivity contribution in [2.45, 2.75) is 29.7 Å². The second kappa shape index (κ2) is 3.32. The molecule has 0 aromatic heterocycles. The largest absolute Gasteiger partial charge is 0.325 e. The van der Waals surface area contributed by atoms with Crippen molar-refractivity contribution in [3.63, 3.8) is 0 Å². The van der Waals surface area contributed by atoms with Crippen LogP contribution in [0.4, 0.5) is 0 Å². The standard InChI is InChI=1S/C11H15NO2S/c1-15(13,14)10-5-3-2-4-9(10)8-11(12)6-7-11/h2-5H,6-8,12H2,1H3. The van der Waals surface area contributed by atoms with Crippen molar-refractivity contribution in [3.05, 3.63) is 29.8 Å². The van der Waals surface area contributed by atoms with Gasteiger partial charge in [0.1, 0.15) is 0 Å². The first-order valence-corrected chi connectivity index (χ1v) is 6.87. The highest BCUT2D eigenvalue weighted by Gasteiger charge is 2.38. The Morgan fingerprint density at radius 1 is 1.33 bits per heavy atom. The van der Waals surface area contributed by atoms with Crippen LogP contribution in [0, 0.1) is 0 Å². The Labute approximate surface area is 90.2 Å². The maximum atomic E-state index is 11.5. The lowest BCUT2D eigenvalue weighted by atomic mass is 10.1. The number of hydrogen-bond donors (Lipinski definition) is 1. The molecule has 4 heteroatoms. The van der Waals surface area contributed by atoms with Gasteiger partial charge < -0.3 is 5.73 Å². The molecule has 1 aromatic carbocycles. The molecule has 15 heavy (non-hydrogen) atoms. The number of hydrogen-bond acceptors (Lipinski definition) is 3. The quantitative estimate of drug-likeness (QED) is 0.838. The van der Waals surface area contributed by atoms with Gasteiger partial charge >= 0.3 is 0 Å². The van der Waals surface area contributed by atoms with Crippen LogP contribution in [0.15, 0.2) is 29.2 Å². The third-order valence-electron chi connectivity index (χ3n) is 2.81. The summed E-state index contributed by atoms with van der Waals surface area (Å²) >= 11 is 0. The van der Waals surface area contributed by atoms with E-state index in [9.17, 15) is 8.42 Å². The summed E-state index contributed by atoms with van der Waals surface area (Å²) in [5, 5.41) is 0. The van der Waals surface area contributed by atoms with Gasteiger partial charge in [0.2, 0.25) is 0 Å². The molecule has 0 atom stereocenters. The molecule has 0 radical (unpaired) electrons. The molecule has 1 aliphatic carbocycles. The molecule has 1 aliphatic rings. The van der Waals surface area contributed by atoms with Crippen LogP contribution >= 0.6 is 0 Å². The minimum atomic E-state index is -3.13. The highest BCUT2D eigenvalue weighted by molar-refractivity contribution is 7.90. The van der Waals surface area contributed by atoms with E-state index in [0.29, 0.717) is 11.3 Å².